The summed E-state index contributed by atoms with van der Waals surface area (Å²) in [5, 5.41) is 6.57. The molecule has 1 fully saturated rings. The molecule has 0 aromatic carbocycles. The van der Waals surface area contributed by atoms with E-state index < -0.39 is 0 Å². The van der Waals surface area contributed by atoms with E-state index in [1.54, 1.807) is 11.3 Å². The second-order valence-electron chi connectivity index (χ2n) is 5.34. The number of hydrogen-bond acceptors (Lipinski definition) is 4. The monoisotopic (exact) mass is 276 g/mol. The smallest absolute Gasteiger partial charge is 0.0795 e. The van der Waals surface area contributed by atoms with Crippen LogP contribution in [-0.2, 0) is 13.1 Å². The topological polar surface area (TPSA) is 34.0 Å². The SMILES string of the molecule is Cc1cnn(C[C@H]2CCCCN2Cc2cscn2)c1. The summed E-state index contributed by atoms with van der Waals surface area (Å²) in [5.74, 6) is 0. The van der Waals surface area contributed by atoms with Gasteiger partial charge in [0.25, 0.3) is 0 Å². The van der Waals surface area contributed by atoms with Gasteiger partial charge in [0, 0.05) is 24.2 Å². The lowest BCUT2D eigenvalue weighted by Crippen LogP contribution is -2.41. The van der Waals surface area contributed by atoms with Crippen molar-refractivity contribution in [1.82, 2.24) is 19.7 Å². The Balaban J connectivity index is 1.66. The highest BCUT2D eigenvalue weighted by molar-refractivity contribution is 7.07. The average molecular weight is 276 g/mol. The number of aromatic nitrogens is 3. The first kappa shape index (κ1) is 12.8. The van der Waals surface area contributed by atoms with Crippen molar-refractivity contribution in [2.45, 2.75) is 45.3 Å². The average Bonchev–Trinajstić information content (AvgIpc) is 3.04. The molecule has 0 amide bonds. The van der Waals surface area contributed by atoms with E-state index >= 15 is 0 Å². The van der Waals surface area contributed by atoms with E-state index in [4.69, 9.17) is 0 Å². The normalized spacial score (nSPS) is 20.8. The van der Waals surface area contributed by atoms with Crippen molar-refractivity contribution in [3.8, 4) is 0 Å². The van der Waals surface area contributed by atoms with E-state index in [9.17, 15) is 0 Å². The summed E-state index contributed by atoms with van der Waals surface area (Å²) >= 11 is 1.68. The molecule has 0 N–H and O–H groups in total. The zero-order chi connectivity index (χ0) is 13.1. The van der Waals surface area contributed by atoms with Gasteiger partial charge in [0.05, 0.1) is 23.9 Å². The maximum atomic E-state index is 4.42. The Morgan fingerprint density at radius 3 is 3.11 bits per heavy atom. The quantitative estimate of drug-likeness (QED) is 0.861. The van der Waals surface area contributed by atoms with Crippen molar-refractivity contribution in [2.24, 2.45) is 0 Å². The zero-order valence-corrected chi connectivity index (χ0v) is 12.1. The molecule has 1 aliphatic rings. The summed E-state index contributed by atoms with van der Waals surface area (Å²) in [7, 11) is 0. The van der Waals surface area contributed by atoms with Gasteiger partial charge in [-0.15, -0.1) is 11.3 Å². The molecule has 0 aliphatic carbocycles. The lowest BCUT2D eigenvalue weighted by atomic mass is 10.0. The molecule has 2 aromatic rings. The molecule has 0 spiro atoms. The third kappa shape index (κ3) is 3.22. The zero-order valence-electron chi connectivity index (χ0n) is 11.3. The lowest BCUT2D eigenvalue weighted by molar-refractivity contribution is 0.120. The van der Waals surface area contributed by atoms with Gasteiger partial charge >= 0.3 is 0 Å². The number of likely N-dealkylation sites (tertiary alicyclic amines) is 1. The highest BCUT2D eigenvalue weighted by atomic mass is 32.1. The summed E-state index contributed by atoms with van der Waals surface area (Å²) in [6, 6.07) is 0.592. The van der Waals surface area contributed by atoms with Gasteiger partial charge in [0.2, 0.25) is 0 Å². The molecule has 5 heteroatoms. The number of thiazole rings is 1. The van der Waals surface area contributed by atoms with Crippen LogP contribution >= 0.6 is 11.3 Å². The van der Waals surface area contributed by atoms with Gasteiger partial charge in [-0.05, 0) is 31.9 Å². The molecule has 0 saturated carbocycles. The second-order valence-corrected chi connectivity index (χ2v) is 6.06. The number of nitrogens with zero attached hydrogens (tertiary/aromatic N) is 4. The minimum absolute atomic E-state index is 0.592. The van der Waals surface area contributed by atoms with Gasteiger partial charge in [0.15, 0.2) is 0 Å². The van der Waals surface area contributed by atoms with Crippen molar-refractivity contribution in [3.63, 3.8) is 0 Å². The number of rotatable bonds is 4. The predicted octanol–water partition coefficient (Wildman–Crippen LogP) is 2.70. The number of aryl methyl sites for hydroxylation is 1. The summed E-state index contributed by atoms with van der Waals surface area (Å²) < 4.78 is 2.08. The van der Waals surface area contributed by atoms with Crippen molar-refractivity contribution in [3.05, 3.63) is 34.5 Å². The van der Waals surface area contributed by atoms with E-state index in [2.05, 4.69) is 38.2 Å². The first-order chi connectivity index (χ1) is 9.31. The Hall–Kier alpha value is -1.20. The van der Waals surface area contributed by atoms with Crippen LogP contribution in [0.1, 0.15) is 30.5 Å². The van der Waals surface area contributed by atoms with Crippen LogP contribution < -0.4 is 0 Å². The van der Waals surface area contributed by atoms with Crippen LogP contribution in [0.2, 0.25) is 0 Å². The lowest BCUT2D eigenvalue weighted by Gasteiger charge is -2.35. The molecule has 19 heavy (non-hydrogen) atoms. The summed E-state index contributed by atoms with van der Waals surface area (Å²) in [4.78, 5) is 6.98. The summed E-state index contributed by atoms with van der Waals surface area (Å²) in [6.07, 6.45) is 7.98. The first-order valence-electron chi connectivity index (χ1n) is 6.91. The van der Waals surface area contributed by atoms with Crippen molar-refractivity contribution >= 4 is 11.3 Å². The molecule has 0 bridgehead atoms. The van der Waals surface area contributed by atoms with E-state index in [0.717, 1.165) is 13.1 Å². The maximum Gasteiger partial charge on any atom is 0.0795 e. The molecule has 0 unspecified atom stereocenters. The second kappa shape index (κ2) is 5.84. The maximum absolute atomic E-state index is 4.42. The number of hydrogen-bond donors (Lipinski definition) is 0. The molecule has 3 rings (SSSR count). The van der Waals surface area contributed by atoms with Crippen molar-refractivity contribution in [1.29, 1.82) is 0 Å². The van der Waals surface area contributed by atoms with E-state index in [0.29, 0.717) is 6.04 Å². The Morgan fingerprint density at radius 2 is 2.37 bits per heavy atom. The minimum atomic E-state index is 0.592. The van der Waals surface area contributed by atoms with Crippen LogP contribution in [0.15, 0.2) is 23.3 Å². The van der Waals surface area contributed by atoms with Crippen LogP contribution in [0, 0.1) is 6.92 Å². The van der Waals surface area contributed by atoms with Crippen LogP contribution in [-0.4, -0.2) is 32.3 Å². The first-order valence-corrected chi connectivity index (χ1v) is 7.86. The Bertz CT molecular complexity index is 505. The Labute approximate surface area is 118 Å². The third-order valence-electron chi connectivity index (χ3n) is 3.76. The van der Waals surface area contributed by atoms with Gasteiger partial charge in [-0.2, -0.15) is 5.10 Å². The van der Waals surface area contributed by atoms with E-state index in [1.807, 2.05) is 11.7 Å². The molecule has 2 aromatic heterocycles. The Kier molecular flexibility index (Phi) is 3.94. The van der Waals surface area contributed by atoms with Gasteiger partial charge in [-0.3, -0.25) is 9.58 Å². The van der Waals surface area contributed by atoms with Gasteiger partial charge in [-0.25, -0.2) is 4.98 Å². The molecule has 1 aliphatic heterocycles. The van der Waals surface area contributed by atoms with Crippen LogP contribution in [0.3, 0.4) is 0 Å². The summed E-state index contributed by atoms with van der Waals surface area (Å²) in [6.45, 7) is 5.26. The molecule has 3 heterocycles. The minimum Gasteiger partial charge on any atom is -0.293 e. The van der Waals surface area contributed by atoms with Crippen LogP contribution in [0.25, 0.3) is 0 Å². The summed E-state index contributed by atoms with van der Waals surface area (Å²) in [5.41, 5.74) is 4.36. The standard InChI is InChI=1S/C14H20N4S/c1-12-6-16-18(7-12)9-14-4-2-3-5-17(14)8-13-10-19-11-15-13/h6-7,10-11,14H,2-5,8-9H2,1H3/t14-/m1/s1. The van der Waals surface area contributed by atoms with E-state index in [1.165, 1.54) is 37.1 Å². The fourth-order valence-electron chi connectivity index (χ4n) is 2.78. The molecular formula is C14H20N4S. The molecule has 1 saturated heterocycles. The van der Waals surface area contributed by atoms with Crippen molar-refractivity contribution < 1.29 is 0 Å². The molecule has 4 nitrogen and oxygen atoms in total. The third-order valence-corrected chi connectivity index (χ3v) is 4.39. The Morgan fingerprint density at radius 1 is 1.42 bits per heavy atom. The van der Waals surface area contributed by atoms with Crippen LogP contribution in [0.5, 0.6) is 0 Å². The molecule has 102 valence electrons. The number of piperidine rings is 1. The fourth-order valence-corrected chi connectivity index (χ4v) is 3.33. The molecule has 0 radical (unpaired) electrons. The van der Waals surface area contributed by atoms with Gasteiger partial charge in [0.1, 0.15) is 0 Å². The van der Waals surface area contributed by atoms with Gasteiger partial charge in [-0.1, -0.05) is 6.42 Å². The highest BCUT2D eigenvalue weighted by Gasteiger charge is 2.23. The van der Waals surface area contributed by atoms with Gasteiger partial charge < -0.3 is 0 Å². The largest absolute Gasteiger partial charge is 0.293 e. The van der Waals surface area contributed by atoms with Crippen LogP contribution in [0.4, 0.5) is 0 Å². The van der Waals surface area contributed by atoms with Crippen molar-refractivity contribution in [2.75, 3.05) is 6.54 Å². The van der Waals surface area contributed by atoms with E-state index in [-0.39, 0.29) is 0 Å². The molecule has 1 atom stereocenters. The predicted molar refractivity (Wildman–Crippen MR) is 77.1 cm³/mol. The highest BCUT2D eigenvalue weighted by Crippen LogP contribution is 2.21. The fraction of sp³-hybridized carbons (Fsp3) is 0.571. The molecular weight excluding hydrogens is 256 g/mol.